The number of thiazole rings is 1. The van der Waals surface area contributed by atoms with Gasteiger partial charge in [-0.3, -0.25) is 0 Å². The van der Waals surface area contributed by atoms with Crippen LogP contribution in [0.5, 0.6) is 0 Å². The molecule has 0 aliphatic carbocycles. The van der Waals surface area contributed by atoms with Crippen molar-refractivity contribution < 1.29 is 4.39 Å². The number of nitrogens with zero attached hydrogens (tertiary/aromatic N) is 1. The molecule has 0 saturated heterocycles. The lowest BCUT2D eigenvalue weighted by Gasteiger charge is -2.08. The van der Waals surface area contributed by atoms with Crippen molar-refractivity contribution >= 4 is 33.0 Å². The molecule has 106 valence electrons. The lowest BCUT2D eigenvalue weighted by molar-refractivity contribution is 0.620. The molecule has 2 aromatic carbocycles. The van der Waals surface area contributed by atoms with E-state index in [0.717, 1.165) is 21.8 Å². The van der Waals surface area contributed by atoms with Crippen LogP contribution in [0.15, 0.2) is 58.5 Å². The predicted octanol–water partition coefficient (Wildman–Crippen LogP) is 5.32. The summed E-state index contributed by atoms with van der Waals surface area (Å²) in [6.45, 7) is 0.648. The third kappa shape index (κ3) is 3.49. The number of rotatable bonds is 4. The van der Waals surface area contributed by atoms with Crippen LogP contribution in [0.3, 0.4) is 0 Å². The van der Waals surface area contributed by atoms with E-state index in [1.54, 1.807) is 29.7 Å². The highest BCUT2D eigenvalue weighted by atomic mass is 79.9. The van der Waals surface area contributed by atoms with Crippen molar-refractivity contribution in [2.75, 3.05) is 5.32 Å². The second kappa shape index (κ2) is 6.37. The van der Waals surface area contributed by atoms with Crippen LogP contribution in [0.4, 0.5) is 10.1 Å². The monoisotopic (exact) mass is 362 g/mol. The minimum Gasteiger partial charge on any atom is -0.381 e. The normalized spacial score (nSPS) is 10.6. The Morgan fingerprint density at radius 1 is 1.14 bits per heavy atom. The molecule has 0 aliphatic heterocycles. The Morgan fingerprint density at radius 2 is 1.95 bits per heavy atom. The maximum atomic E-state index is 13.2. The Morgan fingerprint density at radius 3 is 2.62 bits per heavy atom. The molecule has 3 aromatic rings. The van der Waals surface area contributed by atoms with E-state index in [0.29, 0.717) is 11.0 Å². The van der Waals surface area contributed by atoms with E-state index >= 15 is 0 Å². The zero-order valence-electron chi connectivity index (χ0n) is 11.0. The fourth-order valence-corrected chi connectivity index (χ4v) is 3.02. The number of nitrogens with one attached hydrogen (secondary N) is 1. The van der Waals surface area contributed by atoms with Gasteiger partial charge in [0.05, 0.1) is 4.47 Å². The van der Waals surface area contributed by atoms with Gasteiger partial charge in [-0.05, 0) is 57.9 Å². The molecule has 0 radical (unpaired) electrons. The summed E-state index contributed by atoms with van der Waals surface area (Å²) in [4.78, 5) is 4.29. The van der Waals surface area contributed by atoms with Crippen LogP contribution >= 0.6 is 27.3 Å². The number of hydrogen-bond acceptors (Lipinski definition) is 3. The van der Waals surface area contributed by atoms with Gasteiger partial charge in [-0.1, -0.05) is 6.07 Å². The van der Waals surface area contributed by atoms with Crippen molar-refractivity contribution in [2.24, 2.45) is 0 Å². The largest absolute Gasteiger partial charge is 0.381 e. The summed E-state index contributed by atoms with van der Waals surface area (Å²) in [6, 6.07) is 13.2. The van der Waals surface area contributed by atoms with Crippen LogP contribution in [0, 0.1) is 5.82 Å². The Hall–Kier alpha value is -1.72. The number of hydrogen-bond donors (Lipinski definition) is 1. The summed E-state index contributed by atoms with van der Waals surface area (Å²) < 4.78 is 13.7. The molecule has 0 spiro atoms. The predicted molar refractivity (Wildman–Crippen MR) is 89.0 cm³/mol. The van der Waals surface area contributed by atoms with Gasteiger partial charge >= 0.3 is 0 Å². The third-order valence-corrected chi connectivity index (χ3v) is 4.47. The van der Waals surface area contributed by atoms with Gasteiger partial charge in [-0.25, -0.2) is 9.37 Å². The average molecular weight is 363 g/mol. The minimum absolute atomic E-state index is 0.244. The summed E-state index contributed by atoms with van der Waals surface area (Å²) in [7, 11) is 0. The zero-order chi connectivity index (χ0) is 14.7. The van der Waals surface area contributed by atoms with Gasteiger partial charge in [0.2, 0.25) is 0 Å². The molecule has 1 aromatic heterocycles. The van der Waals surface area contributed by atoms with E-state index in [-0.39, 0.29) is 5.82 Å². The zero-order valence-corrected chi connectivity index (χ0v) is 13.4. The maximum Gasteiger partial charge on any atom is 0.137 e. The first-order chi connectivity index (χ1) is 10.2. The molecule has 0 saturated carbocycles. The number of anilines is 1. The van der Waals surface area contributed by atoms with E-state index in [9.17, 15) is 4.39 Å². The molecule has 3 rings (SSSR count). The van der Waals surface area contributed by atoms with Gasteiger partial charge in [-0.2, -0.15) is 0 Å². The van der Waals surface area contributed by atoms with Crippen LogP contribution in [-0.2, 0) is 6.54 Å². The standard InChI is InChI=1S/C16H12BrFN2S/c17-14-9-11(1-6-15(14)18)10-20-13-4-2-12(3-5-13)16-19-7-8-21-16/h1-9,20H,10H2. The number of aromatic nitrogens is 1. The smallest absolute Gasteiger partial charge is 0.137 e. The highest BCUT2D eigenvalue weighted by Gasteiger charge is 2.02. The second-order valence-corrected chi connectivity index (χ2v) is 6.27. The van der Waals surface area contributed by atoms with E-state index < -0.39 is 0 Å². The molecule has 1 N–H and O–H groups in total. The minimum atomic E-state index is -0.244. The van der Waals surface area contributed by atoms with E-state index in [4.69, 9.17) is 0 Å². The SMILES string of the molecule is Fc1ccc(CNc2ccc(-c3nccs3)cc2)cc1Br. The maximum absolute atomic E-state index is 13.2. The molecule has 1 heterocycles. The molecule has 0 bridgehead atoms. The van der Waals surface area contributed by atoms with Crippen molar-refractivity contribution in [1.29, 1.82) is 0 Å². The van der Waals surface area contributed by atoms with Crippen molar-refractivity contribution in [3.05, 3.63) is 69.9 Å². The van der Waals surface area contributed by atoms with Crippen molar-refractivity contribution in [3.8, 4) is 10.6 Å². The van der Waals surface area contributed by atoms with Crippen molar-refractivity contribution in [1.82, 2.24) is 4.98 Å². The second-order valence-electron chi connectivity index (χ2n) is 4.52. The van der Waals surface area contributed by atoms with Gasteiger partial charge in [0.1, 0.15) is 10.8 Å². The van der Waals surface area contributed by atoms with E-state index in [1.807, 2.05) is 29.6 Å². The lowest BCUT2D eigenvalue weighted by atomic mass is 10.2. The van der Waals surface area contributed by atoms with Crippen molar-refractivity contribution in [3.63, 3.8) is 0 Å². The topological polar surface area (TPSA) is 24.9 Å². The first-order valence-corrected chi connectivity index (χ1v) is 8.07. The molecule has 0 amide bonds. The van der Waals surface area contributed by atoms with Gasteiger partial charge in [0, 0.05) is 29.4 Å². The van der Waals surface area contributed by atoms with Crippen LogP contribution in [0.2, 0.25) is 0 Å². The van der Waals surface area contributed by atoms with Gasteiger partial charge in [0.25, 0.3) is 0 Å². The van der Waals surface area contributed by atoms with Crippen LogP contribution < -0.4 is 5.32 Å². The van der Waals surface area contributed by atoms with Crippen LogP contribution in [0.1, 0.15) is 5.56 Å². The van der Waals surface area contributed by atoms with Crippen LogP contribution in [-0.4, -0.2) is 4.98 Å². The molecule has 0 aliphatic rings. The third-order valence-electron chi connectivity index (χ3n) is 3.04. The summed E-state index contributed by atoms with van der Waals surface area (Å²) >= 11 is 4.82. The average Bonchev–Trinajstić information content (AvgIpc) is 3.03. The van der Waals surface area contributed by atoms with Gasteiger partial charge < -0.3 is 5.32 Å². The van der Waals surface area contributed by atoms with E-state index in [2.05, 4.69) is 26.2 Å². The van der Waals surface area contributed by atoms with Gasteiger partial charge in [0.15, 0.2) is 0 Å². The molecule has 5 heteroatoms. The Balaban J connectivity index is 1.66. The molecule has 0 atom stereocenters. The van der Waals surface area contributed by atoms with Gasteiger partial charge in [-0.15, -0.1) is 11.3 Å². The van der Waals surface area contributed by atoms with Crippen molar-refractivity contribution in [2.45, 2.75) is 6.54 Å². The number of halogens is 2. The Bertz CT molecular complexity index is 727. The Labute approximate surface area is 134 Å². The summed E-state index contributed by atoms with van der Waals surface area (Å²) in [5.41, 5.74) is 3.16. The first kappa shape index (κ1) is 14.2. The first-order valence-electron chi connectivity index (χ1n) is 6.40. The highest BCUT2D eigenvalue weighted by molar-refractivity contribution is 9.10. The lowest BCUT2D eigenvalue weighted by Crippen LogP contribution is -1.99. The molecule has 21 heavy (non-hydrogen) atoms. The molecular weight excluding hydrogens is 351 g/mol. The molecule has 0 fully saturated rings. The number of benzene rings is 2. The van der Waals surface area contributed by atoms with Crippen LogP contribution in [0.25, 0.3) is 10.6 Å². The summed E-state index contributed by atoms with van der Waals surface area (Å²) in [6.07, 6.45) is 1.80. The fraction of sp³-hybridized carbons (Fsp3) is 0.0625. The molecule has 2 nitrogen and oxygen atoms in total. The molecule has 0 unspecified atom stereocenters. The summed E-state index contributed by atoms with van der Waals surface area (Å²) in [5.74, 6) is -0.244. The fourth-order valence-electron chi connectivity index (χ4n) is 1.95. The Kier molecular flexibility index (Phi) is 4.31. The highest BCUT2D eigenvalue weighted by Crippen LogP contribution is 2.23. The molecular formula is C16H12BrFN2S. The quantitative estimate of drug-likeness (QED) is 0.678. The summed E-state index contributed by atoms with van der Waals surface area (Å²) in [5, 5.41) is 6.30. The van der Waals surface area contributed by atoms with E-state index in [1.165, 1.54) is 6.07 Å².